The first kappa shape index (κ1) is 24.4. The van der Waals surface area contributed by atoms with Crippen LogP contribution in [0.1, 0.15) is 35.7 Å². The predicted molar refractivity (Wildman–Crippen MR) is 155 cm³/mol. The minimum absolute atomic E-state index is 0.0737. The molecule has 4 heterocycles. The lowest BCUT2D eigenvalue weighted by Crippen LogP contribution is -2.46. The predicted octanol–water partition coefficient (Wildman–Crippen LogP) is 6.18. The number of hydrogen-bond donors (Lipinski definition) is 3. The average Bonchev–Trinajstić information content (AvgIpc) is 3.58. The van der Waals surface area contributed by atoms with E-state index in [0.717, 1.165) is 43.1 Å². The number of aromatic nitrogens is 5. The molecule has 1 saturated heterocycles. The molecule has 3 N–H and O–H groups in total. The van der Waals surface area contributed by atoms with Crippen molar-refractivity contribution in [3.63, 3.8) is 0 Å². The Morgan fingerprint density at radius 1 is 0.925 bits per heavy atom. The molecule has 3 aromatic heterocycles. The minimum atomic E-state index is -0.446. The highest BCUT2D eigenvalue weighted by Gasteiger charge is 2.26. The van der Waals surface area contributed by atoms with Crippen molar-refractivity contribution < 1.29 is 9.13 Å². The van der Waals surface area contributed by atoms with Crippen LogP contribution in [0.2, 0.25) is 0 Å². The van der Waals surface area contributed by atoms with E-state index in [-0.39, 0.29) is 11.8 Å². The molecule has 2 aliphatic rings. The molecule has 0 spiro atoms. The van der Waals surface area contributed by atoms with Gasteiger partial charge in [0.15, 0.2) is 17.4 Å². The Balaban J connectivity index is 1.17. The maximum absolute atomic E-state index is 15.3. The van der Waals surface area contributed by atoms with Gasteiger partial charge in [-0.05, 0) is 62.6 Å². The Morgan fingerprint density at radius 3 is 2.55 bits per heavy atom. The quantitative estimate of drug-likeness (QED) is 0.228. The molecule has 0 atom stereocenters. The molecule has 2 fully saturated rings. The van der Waals surface area contributed by atoms with Gasteiger partial charge in [0.2, 0.25) is 0 Å². The van der Waals surface area contributed by atoms with Crippen LogP contribution in [0, 0.1) is 19.7 Å². The normalized spacial score (nSPS) is 15.6. The largest absolute Gasteiger partial charge is 0.421 e. The summed E-state index contributed by atoms with van der Waals surface area (Å²) in [5.74, 6) is 2.12. The molecular formula is C30H31FN8O. The van der Waals surface area contributed by atoms with Gasteiger partial charge in [-0.3, -0.25) is 5.10 Å². The zero-order chi connectivity index (χ0) is 27.2. The lowest BCUT2D eigenvalue weighted by Gasteiger charge is -2.37. The maximum atomic E-state index is 15.3. The van der Waals surface area contributed by atoms with E-state index in [1.165, 1.54) is 24.1 Å². The van der Waals surface area contributed by atoms with Crippen molar-refractivity contribution in [1.29, 1.82) is 0 Å². The van der Waals surface area contributed by atoms with E-state index in [2.05, 4.69) is 66.5 Å². The molecule has 0 unspecified atom stereocenters. The van der Waals surface area contributed by atoms with Crippen LogP contribution >= 0.6 is 0 Å². The highest BCUT2D eigenvalue weighted by atomic mass is 19.1. The van der Waals surface area contributed by atoms with Crippen molar-refractivity contribution in [2.45, 2.75) is 32.6 Å². The van der Waals surface area contributed by atoms with Gasteiger partial charge in [-0.2, -0.15) is 15.1 Å². The Bertz CT molecular complexity index is 1680. The van der Waals surface area contributed by atoms with Gasteiger partial charge in [-0.15, -0.1) is 0 Å². The van der Waals surface area contributed by atoms with Crippen LogP contribution in [0.15, 0.2) is 54.6 Å². The fourth-order valence-electron chi connectivity index (χ4n) is 5.30. The van der Waals surface area contributed by atoms with E-state index < -0.39 is 5.82 Å². The number of nitrogens with zero attached hydrogens (tertiary/aromatic N) is 5. The fourth-order valence-corrected chi connectivity index (χ4v) is 5.30. The number of halogens is 1. The lowest BCUT2D eigenvalue weighted by atomic mass is 10.2. The molecule has 7 rings (SSSR count). The number of fused-ring (bicyclic) bond motifs is 1. The van der Waals surface area contributed by atoms with Crippen LogP contribution in [-0.4, -0.2) is 51.3 Å². The Hall–Kier alpha value is -4.60. The minimum Gasteiger partial charge on any atom is -0.421 e. The average molecular weight is 539 g/mol. The summed E-state index contributed by atoms with van der Waals surface area (Å²) in [5.41, 5.74) is 5.19. The van der Waals surface area contributed by atoms with Gasteiger partial charge in [0, 0.05) is 72.2 Å². The molecule has 0 bridgehead atoms. The Kier molecular flexibility index (Phi) is 6.02. The molecule has 1 saturated carbocycles. The molecule has 9 nitrogen and oxygen atoms in total. The number of aromatic amines is 2. The number of hydrogen-bond acceptors (Lipinski definition) is 7. The number of ether oxygens (including phenoxy) is 1. The summed E-state index contributed by atoms with van der Waals surface area (Å²) >= 11 is 0. The number of H-pyrrole nitrogens is 2. The molecule has 5 aromatic rings. The van der Waals surface area contributed by atoms with Gasteiger partial charge in [-0.25, -0.2) is 4.39 Å². The summed E-state index contributed by atoms with van der Waals surface area (Å²) in [7, 11) is 0. The Labute approximate surface area is 231 Å². The van der Waals surface area contributed by atoms with E-state index in [1.807, 2.05) is 19.1 Å². The molecule has 204 valence electrons. The monoisotopic (exact) mass is 538 g/mol. The lowest BCUT2D eigenvalue weighted by molar-refractivity contribution is 0.414. The number of aryl methyl sites for hydroxylation is 2. The van der Waals surface area contributed by atoms with Crippen LogP contribution in [0.5, 0.6) is 11.8 Å². The molecule has 0 amide bonds. The van der Waals surface area contributed by atoms with Crippen LogP contribution in [0.4, 0.5) is 27.5 Å². The van der Waals surface area contributed by atoms with E-state index >= 15 is 4.39 Å². The van der Waals surface area contributed by atoms with Crippen molar-refractivity contribution in [2.75, 3.05) is 41.3 Å². The van der Waals surface area contributed by atoms with E-state index in [9.17, 15) is 0 Å². The first-order valence-corrected chi connectivity index (χ1v) is 13.7. The summed E-state index contributed by atoms with van der Waals surface area (Å²) < 4.78 is 21.3. The number of piperazine rings is 1. The Morgan fingerprint density at radius 2 is 1.75 bits per heavy atom. The molecular weight excluding hydrogens is 507 g/mol. The van der Waals surface area contributed by atoms with Crippen molar-refractivity contribution in [2.24, 2.45) is 0 Å². The second-order valence-electron chi connectivity index (χ2n) is 10.7. The highest BCUT2D eigenvalue weighted by Crippen LogP contribution is 2.40. The molecule has 10 heteroatoms. The van der Waals surface area contributed by atoms with Crippen molar-refractivity contribution in [3.05, 3.63) is 77.4 Å². The molecule has 0 radical (unpaired) electrons. The summed E-state index contributed by atoms with van der Waals surface area (Å²) in [5, 5.41) is 11.3. The second kappa shape index (κ2) is 9.86. The zero-order valence-corrected chi connectivity index (χ0v) is 22.5. The second-order valence-corrected chi connectivity index (χ2v) is 10.7. The summed E-state index contributed by atoms with van der Waals surface area (Å²) in [4.78, 5) is 17.0. The van der Waals surface area contributed by atoms with Crippen molar-refractivity contribution in [3.8, 4) is 11.8 Å². The van der Waals surface area contributed by atoms with Gasteiger partial charge in [-0.1, -0.05) is 12.1 Å². The van der Waals surface area contributed by atoms with Crippen LogP contribution in [0.3, 0.4) is 0 Å². The number of rotatable bonds is 7. The highest BCUT2D eigenvalue weighted by molar-refractivity contribution is 5.82. The van der Waals surface area contributed by atoms with Gasteiger partial charge >= 0.3 is 6.01 Å². The first-order valence-electron chi connectivity index (χ1n) is 13.7. The third kappa shape index (κ3) is 4.92. The van der Waals surface area contributed by atoms with E-state index in [1.54, 1.807) is 18.2 Å². The third-order valence-corrected chi connectivity index (χ3v) is 7.57. The maximum Gasteiger partial charge on any atom is 0.326 e. The summed E-state index contributed by atoms with van der Waals surface area (Å²) in [6.07, 6.45) is 2.37. The SMILES string of the molecule is Cc1cccc(N2CCN(c3cc(Nc4cc(C5CC5)[nH]n4)nc(Oc4ccc5[nH]c(C)cc5c4F)n3)CC2)c1. The molecule has 40 heavy (non-hydrogen) atoms. The summed E-state index contributed by atoms with van der Waals surface area (Å²) in [6.45, 7) is 7.28. The number of benzene rings is 2. The third-order valence-electron chi connectivity index (χ3n) is 7.57. The fraction of sp³-hybridized carbons (Fsp3) is 0.300. The number of nitrogens with one attached hydrogen (secondary N) is 3. The standard InChI is InChI=1S/C30H31FN8O/c1-18-4-3-5-21(14-18)38-10-12-39(13-11-38)28-17-26(33-27-16-24(36-37-27)20-6-7-20)34-30(35-28)40-25-9-8-23-22(29(25)31)15-19(2)32-23/h3-5,8-9,14-17,20,32H,6-7,10-13H2,1-2H3,(H2,33,34,35,36,37). The molecule has 1 aliphatic carbocycles. The summed E-state index contributed by atoms with van der Waals surface area (Å²) in [6, 6.07) is 17.7. The smallest absolute Gasteiger partial charge is 0.326 e. The van der Waals surface area contributed by atoms with Crippen molar-refractivity contribution in [1.82, 2.24) is 25.1 Å². The van der Waals surface area contributed by atoms with E-state index in [4.69, 9.17) is 9.72 Å². The van der Waals surface area contributed by atoms with Crippen molar-refractivity contribution >= 4 is 34.0 Å². The van der Waals surface area contributed by atoms with Gasteiger partial charge in [0.1, 0.15) is 11.6 Å². The molecule has 1 aliphatic heterocycles. The number of anilines is 4. The topological polar surface area (TPSA) is 98.0 Å². The van der Waals surface area contributed by atoms with Gasteiger partial charge in [0.25, 0.3) is 0 Å². The van der Waals surface area contributed by atoms with E-state index in [0.29, 0.717) is 28.8 Å². The first-order chi connectivity index (χ1) is 19.5. The van der Waals surface area contributed by atoms with Gasteiger partial charge < -0.3 is 24.8 Å². The van der Waals surface area contributed by atoms with Gasteiger partial charge in [0.05, 0.1) is 0 Å². The van der Waals surface area contributed by atoms with Crippen LogP contribution in [-0.2, 0) is 0 Å². The zero-order valence-electron chi connectivity index (χ0n) is 22.5. The molecule has 2 aromatic carbocycles. The van der Waals surface area contributed by atoms with Crippen LogP contribution < -0.4 is 19.9 Å². The van der Waals surface area contributed by atoms with Crippen LogP contribution in [0.25, 0.3) is 10.9 Å².